The fourth-order valence-electron chi connectivity index (χ4n) is 2.25. The molecule has 0 saturated heterocycles. The van der Waals surface area contributed by atoms with Crippen molar-refractivity contribution < 1.29 is 19.4 Å². The van der Waals surface area contributed by atoms with E-state index in [2.05, 4.69) is 18.7 Å². The lowest BCUT2D eigenvalue weighted by molar-refractivity contribution is 0.0696. The number of carboxylic acid groups (broad SMARTS) is 1. The van der Waals surface area contributed by atoms with E-state index in [1.165, 1.54) is 0 Å². The number of carboxylic acids is 1. The summed E-state index contributed by atoms with van der Waals surface area (Å²) in [5.74, 6) is 0.313. The van der Waals surface area contributed by atoms with E-state index in [1.54, 1.807) is 32.4 Å². The van der Waals surface area contributed by atoms with Gasteiger partial charge < -0.3 is 14.6 Å². The molecule has 1 rings (SSSR count). The molecule has 118 valence electrons. The van der Waals surface area contributed by atoms with E-state index in [1.807, 2.05) is 0 Å². The van der Waals surface area contributed by atoms with Crippen LogP contribution in [0.3, 0.4) is 0 Å². The minimum atomic E-state index is -0.925. The van der Waals surface area contributed by atoms with E-state index in [-0.39, 0.29) is 5.56 Å². The zero-order valence-electron chi connectivity index (χ0n) is 13.3. The number of hydrogen-bond donors (Lipinski definition) is 1. The summed E-state index contributed by atoms with van der Waals surface area (Å²) in [5.41, 5.74) is 1.16. The molecule has 0 heterocycles. The molecule has 0 bridgehead atoms. The molecule has 0 saturated carbocycles. The summed E-state index contributed by atoms with van der Waals surface area (Å²) in [6, 6.07) is 4.95. The predicted molar refractivity (Wildman–Crippen MR) is 81.9 cm³/mol. The maximum absolute atomic E-state index is 11.1. The van der Waals surface area contributed by atoms with Crippen molar-refractivity contribution in [3.05, 3.63) is 29.3 Å². The molecular formula is C16H25NO4. The Kier molecular flexibility index (Phi) is 7.19. The minimum Gasteiger partial charge on any atom is -0.496 e. The molecule has 0 aliphatic carbocycles. The molecule has 21 heavy (non-hydrogen) atoms. The van der Waals surface area contributed by atoms with Crippen LogP contribution in [0.2, 0.25) is 0 Å². The standard InChI is InChI=1S/C16H25NO4/c1-12(2)10-17(7-8-20-3)11-14-9-13(16(18)19)5-6-15(14)21-4/h5-6,9,12H,7-8,10-11H2,1-4H3,(H,18,19). The van der Waals surface area contributed by atoms with Crippen molar-refractivity contribution in [1.29, 1.82) is 0 Å². The fourth-order valence-corrected chi connectivity index (χ4v) is 2.25. The zero-order valence-corrected chi connectivity index (χ0v) is 13.3. The first-order valence-corrected chi connectivity index (χ1v) is 7.09. The van der Waals surface area contributed by atoms with Gasteiger partial charge in [-0.1, -0.05) is 13.8 Å². The van der Waals surface area contributed by atoms with Crippen LogP contribution in [-0.4, -0.2) is 49.9 Å². The van der Waals surface area contributed by atoms with Crippen molar-refractivity contribution in [2.24, 2.45) is 5.92 Å². The molecule has 0 atom stereocenters. The van der Waals surface area contributed by atoms with Gasteiger partial charge in [0.2, 0.25) is 0 Å². The molecule has 0 fully saturated rings. The predicted octanol–water partition coefficient (Wildman–Crippen LogP) is 2.50. The van der Waals surface area contributed by atoms with Gasteiger partial charge in [-0.15, -0.1) is 0 Å². The Morgan fingerprint density at radius 3 is 2.57 bits per heavy atom. The second-order valence-electron chi connectivity index (χ2n) is 5.45. The molecule has 1 N–H and O–H groups in total. The average Bonchev–Trinajstić information content (AvgIpc) is 2.44. The van der Waals surface area contributed by atoms with E-state index in [9.17, 15) is 4.79 Å². The minimum absolute atomic E-state index is 0.280. The number of methoxy groups -OCH3 is 2. The fraction of sp³-hybridized carbons (Fsp3) is 0.562. The largest absolute Gasteiger partial charge is 0.496 e. The highest BCUT2D eigenvalue weighted by Crippen LogP contribution is 2.22. The van der Waals surface area contributed by atoms with Crippen LogP contribution in [0.1, 0.15) is 29.8 Å². The summed E-state index contributed by atoms with van der Waals surface area (Å²) in [4.78, 5) is 13.4. The van der Waals surface area contributed by atoms with Crippen molar-refractivity contribution in [1.82, 2.24) is 4.90 Å². The maximum atomic E-state index is 11.1. The average molecular weight is 295 g/mol. The molecule has 0 amide bonds. The highest BCUT2D eigenvalue weighted by atomic mass is 16.5. The van der Waals surface area contributed by atoms with Crippen molar-refractivity contribution in [3.63, 3.8) is 0 Å². The Hall–Kier alpha value is -1.59. The summed E-state index contributed by atoms with van der Waals surface area (Å²) >= 11 is 0. The lowest BCUT2D eigenvalue weighted by Gasteiger charge is -2.25. The molecule has 5 heteroatoms. The van der Waals surface area contributed by atoms with Crippen molar-refractivity contribution in [2.75, 3.05) is 33.9 Å². The normalized spacial score (nSPS) is 11.1. The first-order valence-electron chi connectivity index (χ1n) is 7.09. The molecule has 1 aromatic rings. The van der Waals surface area contributed by atoms with Gasteiger partial charge in [-0.05, 0) is 24.1 Å². The summed E-state index contributed by atoms with van der Waals surface area (Å²) < 4.78 is 10.5. The lowest BCUT2D eigenvalue weighted by atomic mass is 10.1. The molecule has 0 aliphatic heterocycles. The number of hydrogen-bond acceptors (Lipinski definition) is 4. The molecular weight excluding hydrogens is 270 g/mol. The van der Waals surface area contributed by atoms with Crippen molar-refractivity contribution in [2.45, 2.75) is 20.4 Å². The van der Waals surface area contributed by atoms with Gasteiger partial charge in [0.25, 0.3) is 0 Å². The third-order valence-electron chi connectivity index (χ3n) is 3.16. The molecule has 5 nitrogen and oxygen atoms in total. The van der Waals surface area contributed by atoms with Crippen LogP contribution in [0.15, 0.2) is 18.2 Å². The first kappa shape index (κ1) is 17.5. The Morgan fingerprint density at radius 2 is 2.05 bits per heavy atom. The lowest BCUT2D eigenvalue weighted by Crippen LogP contribution is -2.30. The number of aromatic carboxylic acids is 1. The number of rotatable bonds is 9. The van der Waals surface area contributed by atoms with Gasteiger partial charge in [-0.3, -0.25) is 4.90 Å². The molecule has 0 radical (unpaired) electrons. The van der Waals surface area contributed by atoms with E-state index in [4.69, 9.17) is 14.6 Å². The molecule has 0 aliphatic rings. The van der Waals surface area contributed by atoms with Gasteiger partial charge in [0.05, 0.1) is 19.3 Å². The highest BCUT2D eigenvalue weighted by Gasteiger charge is 2.14. The van der Waals surface area contributed by atoms with Gasteiger partial charge in [0, 0.05) is 32.3 Å². The monoisotopic (exact) mass is 295 g/mol. The second-order valence-corrected chi connectivity index (χ2v) is 5.45. The Bertz CT molecular complexity index is 460. The Morgan fingerprint density at radius 1 is 1.33 bits per heavy atom. The Balaban J connectivity index is 2.93. The van der Waals surface area contributed by atoms with Gasteiger partial charge in [-0.2, -0.15) is 0 Å². The smallest absolute Gasteiger partial charge is 0.335 e. The van der Waals surface area contributed by atoms with Crippen LogP contribution in [-0.2, 0) is 11.3 Å². The summed E-state index contributed by atoms with van der Waals surface area (Å²) in [6.07, 6.45) is 0. The van der Waals surface area contributed by atoms with E-state index in [0.29, 0.717) is 24.8 Å². The van der Waals surface area contributed by atoms with Crippen LogP contribution in [0.5, 0.6) is 5.75 Å². The number of carbonyl (C=O) groups is 1. The van der Waals surface area contributed by atoms with Crippen LogP contribution in [0, 0.1) is 5.92 Å². The van der Waals surface area contributed by atoms with Gasteiger partial charge in [0.1, 0.15) is 5.75 Å². The van der Waals surface area contributed by atoms with Gasteiger partial charge in [-0.25, -0.2) is 4.79 Å². The van der Waals surface area contributed by atoms with Crippen LogP contribution in [0.25, 0.3) is 0 Å². The van der Waals surface area contributed by atoms with Crippen LogP contribution >= 0.6 is 0 Å². The maximum Gasteiger partial charge on any atom is 0.335 e. The zero-order chi connectivity index (χ0) is 15.8. The quantitative estimate of drug-likeness (QED) is 0.758. The van der Waals surface area contributed by atoms with E-state index >= 15 is 0 Å². The topological polar surface area (TPSA) is 59.0 Å². The number of benzene rings is 1. The highest BCUT2D eigenvalue weighted by molar-refractivity contribution is 5.88. The van der Waals surface area contributed by atoms with Crippen LogP contribution in [0.4, 0.5) is 0 Å². The van der Waals surface area contributed by atoms with Gasteiger partial charge >= 0.3 is 5.97 Å². The summed E-state index contributed by atoms with van der Waals surface area (Å²) in [7, 11) is 3.28. The second kappa shape index (κ2) is 8.64. The SMILES string of the molecule is COCCN(Cc1cc(C(=O)O)ccc1OC)CC(C)C. The summed E-state index contributed by atoms with van der Waals surface area (Å²) in [5, 5.41) is 9.12. The number of ether oxygens (including phenoxy) is 2. The first-order chi connectivity index (χ1) is 9.97. The Labute approximate surface area is 126 Å². The van der Waals surface area contributed by atoms with Crippen molar-refractivity contribution >= 4 is 5.97 Å². The summed E-state index contributed by atoms with van der Waals surface area (Å²) in [6.45, 7) is 7.33. The number of nitrogens with zero attached hydrogens (tertiary/aromatic N) is 1. The van der Waals surface area contributed by atoms with Gasteiger partial charge in [0.15, 0.2) is 0 Å². The van der Waals surface area contributed by atoms with Crippen LogP contribution < -0.4 is 4.74 Å². The molecule has 1 aromatic carbocycles. The van der Waals surface area contributed by atoms with Crippen molar-refractivity contribution in [3.8, 4) is 5.75 Å². The third kappa shape index (κ3) is 5.73. The molecule has 0 unspecified atom stereocenters. The van der Waals surface area contributed by atoms with E-state index in [0.717, 1.165) is 18.7 Å². The molecule has 0 spiro atoms. The molecule has 0 aromatic heterocycles. The third-order valence-corrected chi connectivity index (χ3v) is 3.16. The van der Waals surface area contributed by atoms with E-state index < -0.39 is 5.97 Å².